The molecule has 0 atom stereocenters. The lowest BCUT2D eigenvalue weighted by Gasteiger charge is -2.14. The number of aromatic nitrogens is 2. The summed E-state index contributed by atoms with van der Waals surface area (Å²) in [6.45, 7) is 3.91. The molecule has 0 saturated carbocycles. The van der Waals surface area contributed by atoms with Crippen LogP contribution < -0.4 is 9.84 Å². The lowest BCUT2D eigenvalue weighted by atomic mass is 10.0. The maximum absolute atomic E-state index is 13.7. The van der Waals surface area contributed by atoms with Crippen molar-refractivity contribution in [3.05, 3.63) is 51.8 Å². The number of carbonyl (C=O) groups excluding carboxylic acids is 1. The molecule has 0 fully saturated rings. The van der Waals surface area contributed by atoms with Crippen molar-refractivity contribution < 1.29 is 32.5 Å². The molecule has 0 amide bonds. The van der Waals surface area contributed by atoms with Gasteiger partial charge in [0.15, 0.2) is 5.56 Å². The summed E-state index contributed by atoms with van der Waals surface area (Å²) in [5, 5.41) is 15.5. The van der Waals surface area contributed by atoms with Gasteiger partial charge >= 0.3 is 6.18 Å². The van der Waals surface area contributed by atoms with Gasteiger partial charge in [0.1, 0.15) is 11.2 Å². The van der Waals surface area contributed by atoms with Gasteiger partial charge in [-0.05, 0) is 33.0 Å². The minimum Gasteiger partial charge on any atom is -0.545 e. The van der Waals surface area contributed by atoms with E-state index in [2.05, 4.69) is 21.0 Å². The number of hydrogen-bond acceptors (Lipinski definition) is 5. The largest absolute Gasteiger partial charge is 0.545 e. The highest BCUT2D eigenvalue weighted by atomic mass is 79.9. The smallest absolute Gasteiger partial charge is 0.424 e. The number of hydrogen-bond donors (Lipinski definition) is 0. The van der Waals surface area contributed by atoms with Gasteiger partial charge in [0.2, 0.25) is 5.88 Å². The van der Waals surface area contributed by atoms with Gasteiger partial charge in [0.05, 0.1) is 19.3 Å². The molecule has 1 heterocycles. The van der Waals surface area contributed by atoms with E-state index in [4.69, 9.17) is 9.47 Å². The Morgan fingerprint density at radius 2 is 1.94 bits per heavy atom. The Morgan fingerprint density at radius 3 is 2.48 bits per heavy atom. The van der Waals surface area contributed by atoms with E-state index in [1.54, 1.807) is 18.2 Å². The van der Waals surface area contributed by atoms with Crippen LogP contribution in [0.4, 0.5) is 13.2 Å². The molecule has 0 bridgehead atoms. The number of aliphatic carboxylic acids is 1. The number of halogens is 4. The molecule has 31 heavy (non-hydrogen) atoms. The third-order valence-electron chi connectivity index (χ3n) is 4.86. The van der Waals surface area contributed by atoms with Gasteiger partial charge in [-0.2, -0.15) is 13.2 Å². The van der Waals surface area contributed by atoms with Crippen molar-refractivity contribution in [1.29, 1.82) is 0 Å². The molecular formula is C21H23BrF3N2O4-. The quantitative estimate of drug-likeness (QED) is 0.354. The van der Waals surface area contributed by atoms with Crippen molar-refractivity contribution in [3.63, 3.8) is 0 Å². The first-order chi connectivity index (χ1) is 14.6. The van der Waals surface area contributed by atoms with Crippen LogP contribution in [0.1, 0.15) is 43.4 Å². The second kappa shape index (κ2) is 10.7. The van der Waals surface area contributed by atoms with Gasteiger partial charge in [-0.25, -0.2) is 0 Å². The minimum absolute atomic E-state index is 0.163. The Hall–Kier alpha value is -2.49. The number of carbonyl (C=O) groups is 1. The summed E-state index contributed by atoms with van der Waals surface area (Å²) in [5.74, 6) is -1.90. The predicted molar refractivity (Wildman–Crippen MR) is 110 cm³/mol. The minimum atomic E-state index is -4.69. The highest BCUT2D eigenvalue weighted by Crippen LogP contribution is 2.41. The first-order valence-electron chi connectivity index (χ1n) is 9.62. The number of methoxy groups -OCH3 is 1. The summed E-state index contributed by atoms with van der Waals surface area (Å²) in [7, 11) is 1.28. The molecule has 0 aliphatic rings. The van der Waals surface area contributed by atoms with E-state index in [0.29, 0.717) is 12.1 Å². The average Bonchev–Trinajstić information content (AvgIpc) is 3.04. The molecule has 2 rings (SSSR count). The highest BCUT2D eigenvalue weighted by molar-refractivity contribution is 9.10. The van der Waals surface area contributed by atoms with Gasteiger partial charge in [0, 0.05) is 12.1 Å². The van der Waals surface area contributed by atoms with E-state index in [-0.39, 0.29) is 28.3 Å². The van der Waals surface area contributed by atoms with E-state index < -0.39 is 23.6 Å². The molecule has 0 N–H and O–H groups in total. The van der Waals surface area contributed by atoms with Crippen molar-refractivity contribution in [3.8, 4) is 5.88 Å². The number of alkyl halides is 3. The summed E-state index contributed by atoms with van der Waals surface area (Å²) in [4.78, 5) is 11.4. The molecule has 0 saturated heterocycles. The Balaban J connectivity index is 2.40. The summed E-state index contributed by atoms with van der Waals surface area (Å²) in [6, 6.07) is 6.25. The molecule has 0 aliphatic carbocycles. The first-order valence-corrected chi connectivity index (χ1v) is 10.4. The Bertz CT molecular complexity index is 937. The molecule has 1 aromatic heterocycles. The monoisotopic (exact) mass is 503 g/mol. The fourth-order valence-electron chi connectivity index (χ4n) is 3.07. The number of ether oxygens (including phenoxy) is 2. The van der Waals surface area contributed by atoms with Crippen molar-refractivity contribution in [2.24, 2.45) is 5.92 Å². The summed E-state index contributed by atoms with van der Waals surface area (Å²) < 4.78 is 52.3. The predicted octanol–water partition coefficient (Wildman–Crippen LogP) is 4.42. The molecular weight excluding hydrogens is 481 g/mol. The van der Waals surface area contributed by atoms with E-state index >= 15 is 0 Å². The van der Waals surface area contributed by atoms with Crippen LogP contribution in [0.5, 0.6) is 5.88 Å². The van der Waals surface area contributed by atoms with Crippen LogP contribution in [-0.2, 0) is 28.9 Å². The van der Waals surface area contributed by atoms with Crippen LogP contribution in [-0.4, -0.2) is 22.9 Å². The zero-order valence-electron chi connectivity index (χ0n) is 17.3. The molecule has 170 valence electrons. The van der Waals surface area contributed by atoms with Crippen molar-refractivity contribution in [2.45, 2.75) is 46.0 Å². The SMILES string of the molecule is CCC(CC)Cn1nc(OCc2ccccc2/C(=C\OC)C(=O)[O-])c(C(F)(F)F)c1Br. The number of nitrogens with zero attached hydrogens (tertiary/aromatic N) is 2. The first kappa shape index (κ1) is 24.8. The van der Waals surface area contributed by atoms with Crippen LogP contribution in [0.2, 0.25) is 0 Å². The zero-order chi connectivity index (χ0) is 23.2. The van der Waals surface area contributed by atoms with Gasteiger partial charge in [-0.1, -0.05) is 51.0 Å². The Morgan fingerprint density at radius 1 is 1.29 bits per heavy atom. The van der Waals surface area contributed by atoms with Gasteiger partial charge < -0.3 is 19.4 Å². The lowest BCUT2D eigenvalue weighted by molar-refractivity contribution is -0.295. The topological polar surface area (TPSA) is 76.4 Å². The third-order valence-corrected chi connectivity index (χ3v) is 5.66. The molecule has 2 aromatic rings. The zero-order valence-corrected chi connectivity index (χ0v) is 18.9. The summed E-state index contributed by atoms with van der Waals surface area (Å²) >= 11 is 3.02. The fourth-order valence-corrected chi connectivity index (χ4v) is 3.69. The number of rotatable bonds is 10. The van der Waals surface area contributed by atoms with E-state index in [1.807, 2.05) is 13.8 Å². The molecule has 6 nitrogen and oxygen atoms in total. The number of carboxylic acids is 1. The summed E-state index contributed by atoms with van der Waals surface area (Å²) in [5.41, 5.74) is -0.705. The van der Waals surface area contributed by atoms with Crippen LogP contribution in [0.3, 0.4) is 0 Å². The van der Waals surface area contributed by atoms with E-state index in [0.717, 1.165) is 19.1 Å². The van der Waals surface area contributed by atoms with Gasteiger partial charge in [0.25, 0.3) is 0 Å². The van der Waals surface area contributed by atoms with Crippen molar-refractivity contribution in [1.82, 2.24) is 9.78 Å². The molecule has 0 aliphatic heterocycles. The third kappa shape index (κ3) is 6.03. The molecule has 0 unspecified atom stereocenters. The number of benzene rings is 1. The van der Waals surface area contributed by atoms with Crippen LogP contribution >= 0.6 is 15.9 Å². The van der Waals surface area contributed by atoms with E-state index in [1.165, 1.54) is 17.9 Å². The van der Waals surface area contributed by atoms with Crippen molar-refractivity contribution in [2.75, 3.05) is 7.11 Å². The standard InChI is InChI=1S/C21H24BrF3N2O4/c1-4-13(5-2)10-27-18(22)17(21(23,24)25)19(26-27)31-11-14-8-6-7-9-15(14)16(12-30-3)20(28)29/h6-9,12-13H,4-5,10-11H2,1-3H3,(H,28,29)/p-1/b16-12+. The second-order valence-corrected chi connectivity index (χ2v) is 7.58. The maximum Gasteiger partial charge on any atom is 0.424 e. The number of carboxylic acid groups (broad SMARTS) is 1. The van der Waals surface area contributed by atoms with Crippen LogP contribution in [0.15, 0.2) is 35.1 Å². The Kier molecular flexibility index (Phi) is 8.55. The van der Waals surface area contributed by atoms with Crippen molar-refractivity contribution >= 4 is 27.5 Å². The Labute approximate surface area is 186 Å². The maximum atomic E-state index is 13.7. The van der Waals surface area contributed by atoms with Gasteiger partial charge in [-0.15, -0.1) is 5.10 Å². The van der Waals surface area contributed by atoms with Gasteiger partial charge in [-0.3, -0.25) is 4.68 Å². The van der Waals surface area contributed by atoms with E-state index in [9.17, 15) is 23.1 Å². The molecule has 10 heteroatoms. The average molecular weight is 504 g/mol. The normalized spacial score (nSPS) is 12.3. The second-order valence-electron chi connectivity index (χ2n) is 6.83. The lowest BCUT2D eigenvalue weighted by Crippen LogP contribution is -2.24. The summed E-state index contributed by atoms with van der Waals surface area (Å²) in [6.07, 6.45) is -2.10. The van der Waals surface area contributed by atoms with Crippen LogP contribution in [0, 0.1) is 5.92 Å². The fraction of sp³-hybridized carbons (Fsp3) is 0.429. The highest BCUT2D eigenvalue weighted by Gasteiger charge is 2.41. The molecule has 0 radical (unpaired) electrons. The molecule has 1 aromatic carbocycles. The van der Waals surface area contributed by atoms with Crippen LogP contribution in [0.25, 0.3) is 5.57 Å². The molecule has 0 spiro atoms.